The minimum absolute atomic E-state index is 0.105. The Hall–Kier alpha value is -1.82. The molecule has 0 aromatic carbocycles. The minimum Gasteiger partial charge on any atom is -0.347 e. The van der Waals surface area contributed by atoms with Gasteiger partial charge in [-0.05, 0) is 37.4 Å². The second-order valence-corrected chi connectivity index (χ2v) is 7.26. The van der Waals surface area contributed by atoms with Crippen molar-refractivity contribution in [3.63, 3.8) is 0 Å². The first-order chi connectivity index (χ1) is 12.1. The lowest BCUT2D eigenvalue weighted by molar-refractivity contribution is -0.134. The number of nitrogens with zero attached hydrogens (tertiary/aromatic N) is 4. The van der Waals surface area contributed by atoms with Crippen LogP contribution in [-0.2, 0) is 11.8 Å². The topological polar surface area (TPSA) is 48.8 Å². The molecule has 0 atom stereocenters. The number of carbonyl (C=O) groups is 2. The smallest absolute Gasteiger partial charge is 0.270 e. The molecule has 0 saturated carbocycles. The number of piperazine rings is 1. The van der Waals surface area contributed by atoms with E-state index in [1.807, 2.05) is 39.7 Å². The number of carbonyl (C=O) groups excluding carboxylic acids is 2. The Bertz CT molecular complexity index is 596. The quantitative estimate of drug-likeness (QED) is 0.829. The minimum atomic E-state index is 0.105. The summed E-state index contributed by atoms with van der Waals surface area (Å²) in [6.07, 6.45) is 4.39. The van der Waals surface area contributed by atoms with E-state index in [1.54, 1.807) is 0 Å². The van der Waals surface area contributed by atoms with Crippen LogP contribution in [0.25, 0.3) is 0 Å². The molecule has 0 unspecified atom stereocenters. The largest absolute Gasteiger partial charge is 0.347 e. The average molecular weight is 346 g/mol. The van der Waals surface area contributed by atoms with Gasteiger partial charge in [-0.1, -0.05) is 6.92 Å². The van der Waals surface area contributed by atoms with Crippen molar-refractivity contribution in [1.82, 2.24) is 19.3 Å². The maximum Gasteiger partial charge on any atom is 0.270 e. The first kappa shape index (κ1) is 18.0. The van der Waals surface area contributed by atoms with Gasteiger partial charge in [0.25, 0.3) is 5.91 Å². The molecule has 6 heteroatoms. The molecule has 0 aliphatic carbocycles. The van der Waals surface area contributed by atoms with Crippen LogP contribution >= 0.6 is 0 Å². The van der Waals surface area contributed by atoms with Crippen molar-refractivity contribution in [1.29, 1.82) is 0 Å². The molecule has 2 aliphatic rings. The molecule has 6 nitrogen and oxygen atoms in total. The van der Waals surface area contributed by atoms with Gasteiger partial charge in [0, 0.05) is 58.9 Å². The number of piperidine rings is 1. The van der Waals surface area contributed by atoms with Crippen molar-refractivity contribution in [3.05, 3.63) is 24.0 Å². The van der Waals surface area contributed by atoms with Crippen LogP contribution < -0.4 is 0 Å². The normalized spacial score (nSPS) is 20.1. The molecule has 1 aromatic rings. The summed E-state index contributed by atoms with van der Waals surface area (Å²) in [5.41, 5.74) is 0.739. The molecule has 2 amide bonds. The van der Waals surface area contributed by atoms with E-state index in [0.717, 1.165) is 64.3 Å². The molecule has 0 radical (unpaired) electrons. The summed E-state index contributed by atoms with van der Waals surface area (Å²) in [5.74, 6) is 0.810. The number of aromatic nitrogens is 1. The van der Waals surface area contributed by atoms with E-state index in [1.165, 1.54) is 0 Å². The zero-order valence-electron chi connectivity index (χ0n) is 15.5. The molecule has 0 N–H and O–H groups in total. The van der Waals surface area contributed by atoms with Crippen LogP contribution in [0.5, 0.6) is 0 Å². The molecule has 2 saturated heterocycles. The fourth-order valence-electron chi connectivity index (χ4n) is 3.88. The van der Waals surface area contributed by atoms with Gasteiger partial charge in [-0.2, -0.15) is 0 Å². The van der Waals surface area contributed by atoms with Gasteiger partial charge in [-0.25, -0.2) is 0 Å². The fourth-order valence-corrected chi connectivity index (χ4v) is 3.88. The third-order valence-electron chi connectivity index (χ3n) is 5.70. The van der Waals surface area contributed by atoms with Crippen LogP contribution in [0.3, 0.4) is 0 Å². The van der Waals surface area contributed by atoms with Crippen molar-refractivity contribution < 1.29 is 9.59 Å². The molecule has 0 bridgehead atoms. The lowest BCUT2D eigenvalue weighted by Crippen LogP contribution is -2.49. The standard InChI is InChI=1S/C19H30N4O2/c1-3-21-11-13-22(14-12-21)18(24)15-16-6-9-23(10-7-16)19(25)17-5-4-8-20(17)2/h4-5,8,16H,3,6-7,9-15H2,1-2H3. The van der Waals surface area contributed by atoms with Crippen LogP contribution in [0.1, 0.15) is 36.7 Å². The van der Waals surface area contributed by atoms with Gasteiger partial charge < -0.3 is 19.3 Å². The molecule has 3 rings (SSSR count). The van der Waals surface area contributed by atoms with Crippen molar-refractivity contribution in [2.45, 2.75) is 26.2 Å². The van der Waals surface area contributed by atoms with Gasteiger partial charge >= 0.3 is 0 Å². The van der Waals surface area contributed by atoms with Gasteiger partial charge in [0.1, 0.15) is 5.69 Å². The third kappa shape index (κ3) is 4.24. The van der Waals surface area contributed by atoms with E-state index in [-0.39, 0.29) is 5.91 Å². The van der Waals surface area contributed by atoms with E-state index in [2.05, 4.69) is 11.8 Å². The number of hydrogen-bond acceptors (Lipinski definition) is 3. The van der Waals surface area contributed by atoms with Crippen molar-refractivity contribution in [3.8, 4) is 0 Å². The zero-order valence-corrected chi connectivity index (χ0v) is 15.5. The van der Waals surface area contributed by atoms with E-state index in [0.29, 0.717) is 18.2 Å². The molecule has 1 aromatic heterocycles. The second kappa shape index (κ2) is 8.04. The Kier molecular flexibility index (Phi) is 5.78. The van der Waals surface area contributed by atoms with Gasteiger partial charge in [-0.15, -0.1) is 0 Å². The second-order valence-electron chi connectivity index (χ2n) is 7.26. The highest BCUT2D eigenvalue weighted by Crippen LogP contribution is 2.23. The molecular formula is C19H30N4O2. The van der Waals surface area contributed by atoms with E-state index in [9.17, 15) is 9.59 Å². The summed E-state index contributed by atoms with van der Waals surface area (Å²) >= 11 is 0. The Labute approximate surface area is 150 Å². The number of likely N-dealkylation sites (N-methyl/N-ethyl adjacent to an activating group) is 1. The molecule has 2 aliphatic heterocycles. The van der Waals surface area contributed by atoms with Crippen LogP contribution in [-0.4, -0.2) is 76.9 Å². The summed E-state index contributed by atoms with van der Waals surface area (Å²) in [5, 5.41) is 0. The summed E-state index contributed by atoms with van der Waals surface area (Å²) in [6, 6.07) is 3.77. The molecule has 2 fully saturated rings. The third-order valence-corrected chi connectivity index (χ3v) is 5.70. The molecular weight excluding hydrogens is 316 g/mol. The summed E-state index contributed by atoms with van der Waals surface area (Å²) in [6.45, 7) is 8.45. The van der Waals surface area contributed by atoms with Gasteiger partial charge in [-0.3, -0.25) is 9.59 Å². The van der Waals surface area contributed by atoms with Gasteiger partial charge in [0.15, 0.2) is 0 Å². The van der Waals surface area contributed by atoms with Crippen LogP contribution in [0, 0.1) is 5.92 Å². The van der Waals surface area contributed by atoms with Crippen LogP contribution in [0.15, 0.2) is 18.3 Å². The molecule has 3 heterocycles. The predicted molar refractivity (Wildman–Crippen MR) is 97.4 cm³/mol. The van der Waals surface area contributed by atoms with Gasteiger partial charge in [0.2, 0.25) is 5.91 Å². The Morgan fingerprint density at radius 2 is 1.72 bits per heavy atom. The highest BCUT2D eigenvalue weighted by atomic mass is 16.2. The summed E-state index contributed by atoms with van der Waals surface area (Å²) < 4.78 is 1.87. The SMILES string of the molecule is CCN1CCN(C(=O)CC2CCN(C(=O)c3cccn3C)CC2)CC1. The number of amides is 2. The molecule has 0 spiro atoms. The average Bonchev–Trinajstić information content (AvgIpc) is 3.07. The predicted octanol–water partition coefficient (Wildman–Crippen LogP) is 1.43. The monoisotopic (exact) mass is 346 g/mol. The lowest BCUT2D eigenvalue weighted by Gasteiger charge is -2.36. The van der Waals surface area contributed by atoms with E-state index >= 15 is 0 Å². The maximum atomic E-state index is 12.5. The fraction of sp³-hybridized carbons (Fsp3) is 0.684. The first-order valence-corrected chi connectivity index (χ1v) is 9.49. The van der Waals surface area contributed by atoms with Crippen molar-refractivity contribution in [2.24, 2.45) is 13.0 Å². The summed E-state index contributed by atoms with van der Waals surface area (Å²) in [4.78, 5) is 31.4. The lowest BCUT2D eigenvalue weighted by atomic mass is 9.92. The number of likely N-dealkylation sites (tertiary alicyclic amines) is 1. The molecule has 25 heavy (non-hydrogen) atoms. The summed E-state index contributed by atoms with van der Waals surface area (Å²) in [7, 11) is 1.90. The van der Waals surface area contributed by atoms with Crippen LogP contribution in [0.2, 0.25) is 0 Å². The van der Waals surface area contributed by atoms with Crippen molar-refractivity contribution in [2.75, 3.05) is 45.8 Å². The van der Waals surface area contributed by atoms with Crippen molar-refractivity contribution >= 4 is 11.8 Å². The first-order valence-electron chi connectivity index (χ1n) is 9.49. The highest BCUT2D eigenvalue weighted by molar-refractivity contribution is 5.92. The maximum absolute atomic E-state index is 12.5. The molecule has 138 valence electrons. The van der Waals surface area contributed by atoms with E-state index in [4.69, 9.17) is 0 Å². The number of aryl methyl sites for hydroxylation is 1. The van der Waals surface area contributed by atoms with Crippen LogP contribution in [0.4, 0.5) is 0 Å². The number of hydrogen-bond donors (Lipinski definition) is 0. The Morgan fingerprint density at radius 3 is 2.28 bits per heavy atom. The van der Waals surface area contributed by atoms with E-state index < -0.39 is 0 Å². The Morgan fingerprint density at radius 1 is 1.04 bits per heavy atom. The van der Waals surface area contributed by atoms with Gasteiger partial charge in [0.05, 0.1) is 0 Å². The Balaban J connectivity index is 1.44. The zero-order chi connectivity index (χ0) is 17.8. The highest BCUT2D eigenvalue weighted by Gasteiger charge is 2.28. The number of rotatable bonds is 4.